The lowest BCUT2D eigenvalue weighted by molar-refractivity contribution is 0.362. The molecule has 16 heavy (non-hydrogen) atoms. The van der Waals surface area contributed by atoms with Gasteiger partial charge in [-0.1, -0.05) is 18.9 Å². The highest BCUT2D eigenvalue weighted by molar-refractivity contribution is 5.28. The minimum atomic E-state index is -0.545. The van der Waals surface area contributed by atoms with E-state index in [1.54, 1.807) is 6.07 Å². The van der Waals surface area contributed by atoms with Gasteiger partial charge in [0.25, 0.3) is 0 Å². The van der Waals surface area contributed by atoms with E-state index in [0.29, 0.717) is 6.54 Å². The Morgan fingerprint density at radius 1 is 1.38 bits per heavy atom. The second kappa shape index (κ2) is 4.42. The minimum Gasteiger partial charge on any atom is -0.505 e. The van der Waals surface area contributed by atoms with Crippen LogP contribution in [0.3, 0.4) is 0 Å². The summed E-state index contributed by atoms with van der Waals surface area (Å²) in [4.78, 5) is 0. The molecule has 1 aliphatic rings. The molecule has 1 aromatic rings. The summed E-state index contributed by atoms with van der Waals surface area (Å²) in [5.41, 5.74) is 1.08. The van der Waals surface area contributed by atoms with Gasteiger partial charge in [0.2, 0.25) is 0 Å². The lowest BCUT2D eigenvalue weighted by atomic mass is 10.0. The number of rotatable bonds is 3. The van der Waals surface area contributed by atoms with E-state index in [0.717, 1.165) is 5.56 Å². The van der Waals surface area contributed by atoms with Crippen molar-refractivity contribution in [3.8, 4) is 5.75 Å². The fraction of sp³-hybridized carbons (Fsp3) is 0.538. The van der Waals surface area contributed by atoms with Gasteiger partial charge in [0.1, 0.15) is 0 Å². The molecule has 0 aromatic heterocycles. The number of halogens is 1. The quantitative estimate of drug-likeness (QED) is 0.825. The molecule has 2 rings (SSSR count). The van der Waals surface area contributed by atoms with Gasteiger partial charge in [0, 0.05) is 12.1 Å². The van der Waals surface area contributed by atoms with Crippen molar-refractivity contribution in [2.45, 2.75) is 44.7 Å². The van der Waals surface area contributed by atoms with Gasteiger partial charge in [0.05, 0.1) is 0 Å². The average molecular weight is 223 g/mol. The summed E-state index contributed by atoms with van der Waals surface area (Å²) in [5.74, 6) is -0.827. The van der Waals surface area contributed by atoms with Crippen LogP contribution in [0.5, 0.6) is 5.75 Å². The van der Waals surface area contributed by atoms with Crippen LogP contribution in [-0.2, 0) is 6.54 Å². The molecule has 0 unspecified atom stereocenters. The lowest BCUT2D eigenvalue weighted by Crippen LogP contribution is -2.38. The van der Waals surface area contributed by atoms with E-state index in [9.17, 15) is 4.39 Å². The van der Waals surface area contributed by atoms with Gasteiger partial charge in [0.15, 0.2) is 11.6 Å². The first-order chi connectivity index (χ1) is 7.59. The highest BCUT2D eigenvalue weighted by atomic mass is 19.1. The van der Waals surface area contributed by atoms with E-state index in [4.69, 9.17) is 5.11 Å². The number of hydrogen-bond acceptors (Lipinski definition) is 2. The number of phenolic OH excluding ortho intramolecular Hbond substituents is 1. The zero-order valence-electron chi connectivity index (χ0n) is 9.59. The Morgan fingerprint density at radius 2 is 2.06 bits per heavy atom. The molecule has 1 aliphatic carbocycles. The van der Waals surface area contributed by atoms with E-state index in [1.165, 1.54) is 37.8 Å². The molecule has 88 valence electrons. The zero-order chi connectivity index (χ0) is 11.6. The van der Waals surface area contributed by atoms with Crippen LogP contribution < -0.4 is 5.32 Å². The van der Waals surface area contributed by atoms with Crippen LogP contribution in [-0.4, -0.2) is 10.6 Å². The molecule has 0 atom stereocenters. The SMILES string of the molecule is CC1(NCc2ccc(O)c(F)c2)CCCC1. The Bertz CT molecular complexity index is 372. The third-order valence-electron chi connectivity index (χ3n) is 3.44. The highest BCUT2D eigenvalue weighted by Gasteiger charge is 2.27. The molecule has 0 spiro atoms. The lowest BCUT2D eigenvalue weighted by Gasteiger charge is -2.25. The number of nitrogens with one attached hydrogen (secondary N) is 1. The monoisotopic (exact) mass is 223 g/mol. The molecule has 1 aromatic carbocycles. The number of phenols is 1. The Kier molecular flexibility index (Phi) is 3.15. The largest absolute Gasteiger partial charge is 0.505 e. The molecule has 0 bridgehead atoms. The minimum absolute atomic E-state index is 0.203. The van der Waals surface area contributed by atoms with E-state index < -0.39 is 5.82 Å². The highest BCUT2D eigenvalue weighted by Crippen LogP contribution is 2.29. The van der Waals surface area contributed by atoms with Gasteiger partial charge in [-0.3, -0.25) is 0 Å². The van der Waals surface area contributed by atoms with Crippen molar-refractivity contribution in [3.05, 3.63) is 29.6 Å². The van der Waals surface area contributed by atoms with Gasteiger partial charge in [-0.15, -0.1) is 0 Å². The van der Waals surface area contributed by atoms with E-state index in [-0.39, 0.29) is 11.3 Å². The summed E-state index contributed by atoms with van der Waals surface area (Å²) in [6.07, 6.45) is 4.92. The third kappa shape index (κ3) is 2.53. The predicted molar refractivity (Wildman–Crippen MR) is 61.8 cm³/mol. The van der Waals surface area contributed by atoms with Crippen molar-refractivity contribution in [1.29, 1.82) is 0 Å². The summed E-state index contributed by atoms with van der Waals surface area (Å²) in [7, 11) is 0. The van der Waals surface area contributed by atoms with Gasteiger partial charge in [-0.05, 0) is 37.5 Å². The van der Waals surface area contributed by atoms with E-state index >= 15 is 0 Å². The summed E-state index contributed by atoms with van der Waals surface area (Å²) < 4.78 is 13.1. The van der Waals surface area contributed by atoms with Gasteiger partial charge >= 0.3 is 0 Å². The van der Waals surface area contributed by atoms with Crippen LogP contribution >= 0.6 is 0 Å². The van der Waals surface area contributed by atoms with E-state index in [2.05, 4.69) is 12.2 Å². The predicted octanol–water partition coefficient (Wildman–Crippen LogP) is 2.95. The maximum Gasteiger partial charge on any atom is 0.165 e. The zero-order valence-corrected chi connectivity index (χ0v) is 9.59. The first-order valence-corrected chi connectivity index (χ1v) is 5.81. The topological polar surface area (TPSA) is 32.3 Å². The summed E-state index contributed by atoms with van der Waals surface area (Å²) in [6, 6.07) is 4.55. The maximum absolute atomic E-state index is 13.1. The van der Waals surface area contributed by atoms with Crippen LogP contribution in [0.15, 0.2) is 18.2 Å². The molecule has 0 amide bonds. The Hall–Kier alpha value is -1.09. The summed E-state index contributed by atoms with van der Waals surface area (Å²) in [6.45, 7) is 2.88. The molecule has 2 nitrogen and oxygen atoms in total. The Balaban J connectivity index is 1.96. The fourth-order valence-corrected chi connectivity index (χ4v) is 2.31. The molecule has 1 saturated carbocycles. The molecular weight excluding hydrogens is 205 g/mol. The molecule has 0 radical (unpaired) electrons. The Labute approximate surface area is 95.5 Å². The molecule has 0 heterocycles. The Morgan fingerprint density at radius 3 is 2.69 bits per heavy atom. The van der Waals surface area contributed by atoms with Crippen molar-refractivity contribution in [1.82, 2.24) is 5.32 Å². The van der Waals surface area contributed by atoms with Crippen molar-refractivity contribution in [2.75, 3.05) is 0 Å². The molecular formula is C13H18FNO. The number of benzene rings is 1. The molecule has 0 saturated heterocycles. The first kappa shape index (κ1) is 11.4. The maximum atomic E-state index is 13.1. The van der Waals surface area contributed by atoms with Gasteiger partial charge in [-0.2, -0.15) is 0 Å². The van der Waals surface area contributed by atoms with Crippen molar-refractivity contribution >= 4 is 0 Å². The molecule has 3 heteroatoms. The summed E-state index contributed by atoms with van der Waals surface area (Å²) >= 11 is 0. The molecule has 1 fully saturated rings. The molecule has 2 N–H and O–H groups in total. The average Bonchev–Trinajstić information content (AvgIpc) is 2.68. The van der Waals surface area contributed by atoms with Crippen LogP contribution in [0.4, 0.5) is 4.39 Å². The van der Waals surface area contributed by atoms with Crippen LogP contribution in [0.2, 0.25) is 0 Å². The standard InChI is InChI=1S/C13H18FNO/c1-13(6-2-3-7-13)15-9-10-4-5-12(16)11(14)8-10/h4-5,8,15-16H,2-3,6-7,9H2,1H3. The number of aromatic hydroxyl groups is 1. The van der Waals surface area contributed by atoms with Crippen LogP contribution in [0.1, 0.15) is 38.2 Å². The normalized spacial score (nSPS) is 18.9. The second-order valence-corrected chi connectivity index (χ2v) is 4.91. The fourth-order valence-electron chi connectivity index (χ4n) is 2.31. The van der Waals surface area contributed by atoms with Gasteiger partial charge in [-0.25, -0.2) is 4.39 Å². The van der Waals surface area contributed by atoms with Crippen LogP contribution in [0.25, 0.3) is 0 Å². The smallest absolute Gasteiger partial charge is 0.165 e. The molecule has 0 aliphatic heterocycles. The van der Waals surface area contributed by atoms with Crippen molar-refractivity contribution in [3.63, 3.8) is 0 Å². The number of hydrogen-bond donors (Lipinski definition) is 2. The first-order valence-electron chi connectivity index (χ1n) is 5.81. The van der Waals surface area contributed by atoms with Crippen LogP contribution in [0, 0.1) is 5.82 Å². The van der Waals surface area contributed by atoms with Gasteiger partial charge < -0.3 is 10.4 Å². The summed E-state index contributed by atoms with van der Waals surface area (Å²) in [5, 5.41) is 12.6. The van der Waals surface area contributed by atoms with Crippen molar-refractivity contribution < 1.29 is 9.50 Å². The van der Waals surface area contributed by atoms with Crippen molar-refractivity contribution in [2.24, 2.45) is 0 Å². The third-order valence-corrected chi connectivity index (χ3v) is 3.44. The van der Waals surface area contributed by atoms with E-state index in [1.807, 2.05) is 0 Å². The second-order valence-electron chi connectivity index (χ2n) is 4.91.